The average Bonchev–Trinajstić information content (AvgIpc) is 2.25. The van der Waals surface area contributed by atoms with Gasteiger partial charge in [-0.25, -0.2) is 4.99 Å². The molecule has 0 spiro atoms. The summed E-state index contributed by atoms with van der Waals surface area (Å²) >= 11 is 4.90. The van der Waals surface area contributed by atoms with E-state index in [4.69, 9.17) is 18.0 Å². The Morgan fingerprint density at radius 1 is 1.44 bits per heavy atom. The molecule has 0 fully saturated rings. The summed E-state index contributed by atoms with van der Waals surface area (Å²) in [4.78, 5) is 3.17. The fourth-order valence-electron chi connectivity index (χ4n) is 1.02. The highest BCUT2D eigenvalue weighted by Crippen LogP contribution is 2.13. The first kappa shape index (κ1) is 16.8. The van der Waals surface area contributed by atoms with Gasteiger partial charge in [-0.3, -0.25) is 0 Å². The lowest BCUT2D eigenvalue weighted by molar-refractivity contribution is -0.118. The van der Waals surface area contributed by atoms with Crippen LogP contribution in [-0.4, -0.2) is 43.4 Å². The first-order valence-corrected chi connectivity index (χ1v) is 5.74. The number of guanidine groups is 1. The van der Waals surface area contributed by atoms with Gasteiger partial charge in [-0.15, -0.1) is 0 Å². The molecule has 0 saturated carbocycles. The van der Waals surface area contributed by atoms with E-state index in [1.807, 2.05) is 6.92 Å². The Kier molecular flexibility index (Phi) is 7.41. The van der Waals surface area contributed by atoms with E-state index in [2.05, 4.69) is 20.9 Å². The number of hydrogen-bond acceptors (Lipinski definition) is 2. The molecule has 0 rings (SSSR count). The van der Waals surface area contributed by atoms with Gasteiger partial charge in [0.15, 0.2) is 11.1 Å². The third kappa shape index (κ3) is 9.94. The summed E-state index contributed by atoms with van der Waals surface area (Å²) in [6.45, 7) is 1.03. The van der Waals surface area contributed by atoms with Crippen molar-refractivity contribution in [3.8, 4) is 0 Å². The molecule has 0 radical (unpaired) electrons. The van der Waals surface area contributed by atoms with Crippen LogP contribution in [0.15, 0.2) is 4.99 Å². The molecule has 0 saturated heterocycles. The van der Waals surface area contributed by atoms with Gasteiger partial charge in [0.25, 0.3) is 0 Å². The average molecular weight is 285 g/mol. The van der Waals surface area contributed by atoms with Crippen molar-refractivity contribution < 1.29 is 13.2 Å². The van der Waals surface area contributed by atoms with E-state index in [1.54, 1.807) is 7.05 Å². The lowest BCUT2D eigenvalue weighted by atomic mass is 10.2. The van der Waals surface area contributed by atoms with Crippen molar-refractivity contribution in [2.24, 2.45) is 10.7 Å². The topological polar surface area (TPSA) is 74.5 Å². The molecule has 1 unspecified atom stereocenters. The quantitative estimate of drug-likeness (QED) is 0.333. The van der Waals surface area contributed by atoms with Crippen molar-refractivity contribution in [3.05, 3.63) is 0 Å². The van der Waals surface area contributed by atoms with Crippen LogP contribution in [0.5, 0.6) is 0 Å². The second kappa shape index (κ2) is 7.96. The molecule has 9 heteroatoms. The minimum absolute atomic E-state index is 0.0767. The Bertz CT molecular complexity index is 292. The van der Waals surface area contributed by atoms with Crippen LogP contribution in [0.3, 0.4) is 0 Å². The zero-order valence-electron chi connectivity index (χ0n) is 10.3. The molecule has 0 bridgehead atoms. The van der Waals surface area contributed by atoms with E-state index in [0.29, 0.717) is 18.1 Å². The van der Waals surface area contributed by atoms with Crippen LogP contribution in [0.25, 0.3) is 0 Å². The number of nitrogens with one attached hydrogen (secondary N) is 3. The summed E-state index contributed by atoms with van der Waals surface area (Å²) in [6, 6.07) is 0.0767. The number of rotatable bonds is 5. The van der Waals surface area contributed by atoms with Crippen molar-refractivity contribution in [2.75, 3.05) is 20.1 Å². The number of aliphatic imine (C=N–C) groups is 1. The lowest BCUT2D eigenvalue weighted by Crippen LogP contribution is -2.41. The molecule has 0 aromatic rings. The summed E-state index contributed by atoms with van der Waals surface area (Å²) in [5.41, 5.74) is 5.27. The monoisotopic (exact) mass is 285 g/mol. The molecule has 18 heavy (non-hydrogen) atoms. The second-order valence-electron chi connectivity index (χ2n) is 3.66. The Morgan fingerprint density at radius 3 is 2.56 bits per heavy atom. The van der Waals surface area contributed by atoms with E-state index in [-0.39, 0.29) is 12.0 Å². The molecule has 0 aromatic carbocycles. The van der Waals surface area contributed by atoms with E-state index < -0.39 is 12.7 Å². The maximum absolute atomic E-state index is 11.8. The molecule has 0 aliphatic heterocycles. The van der Waals surface area contributed by atoms with Crippen molar-refractivity contribution in [1.29, 1.82) is 0 Å². The number of nitrogens with two attached hydrogens (primary N) is 1. The first-order chi connectivity index (χ1) is 8.24. The van der Waals surface area contributed by atoms with E-state index in [0.717, 1.165) is 0 Å². The molecule has 0 heterocycles. The number of hydrogen-bond donors (Lipinski definition) is 4. The molecule has 0 aromatic heterocycles. The second-order valence-corrected chi connectivity index (χ2v) is 4.06. The summed E-state index contributed by atoms with van der Waals surface area (Å²) < 4.78 is 35.5. The maximum Gasteiger partial charge on any atom is 0.408 e. The van der Waals surface area contributed by atoms with E-state index in [1.165, 1.54) is 0 Å². The van der Waals surface area contributed by atoms with Crippen LogP contribution in [0.1, 0.15) is 13.3 Å². The molecule has 106 valence electrons. The van der Waals surface area contributed by atoms with Crippen LogP contribution in [0, 0.1) is 0 Å². The van der Waals surface area contributed by atoms with E-state index >= 15 is 0 Å². The normalized spacial score (nSPS) is 13.9. The van der Waals surface area contributed by atoms with Crippen LogP contribution < -0.4 is 21.7 Å². The van der Waals surface area contributed by atoms with Gasteiger partial charge in [0, 0.05) is 19.6 Å². The van der Waals surface area contributed by atoms with Gasteiger partial charge < -0.3 is 21.7 Å². The summed E-state index contributed by atoms with van der Waals surface area (Å²) in [6.07, 6.45) is -3.69. The molecule has 5 nitrogen and oxygen atoms in total. The highest BCUT2D eigenvalue weighted by atomic mass is 32.1. The predicted molar refractivity (Wildman–Crippen MR) is 69.4 cm³/mol. The third-order valence-electron chi connectivity index (χ3n) is 1.92. The zero-order valence-corrected chi connectivity index (χ0v) is 11.1. The Hall–Kier alpha value is -1.25. The lowest BCUT2D eigenvalue weighted by Gasteiger charge is -2.15. The number of nitrogens with zero attached hydrogens (tertiary/aromatic N) is 1. The van der Waals surface area contributed by atoms with Gasteiger partial charge in [0.2, 0.25) is 0 Å². The van der Waals surface area contributed by atoms with Gasteiger partial charge in [0.1, 0.15) is 6.54 Å². The third-order valence-corrected chi connectivity index (χ3v) is 2.24. The van der Waals surface area contributed by atoms with Crippen molar-refractivity contribution >= 4 is 23.3 Å². The Morgan fingerprint density at radius 2 is 2.06 bits per heavy atom. The SMILES string of the molecule is CNC(=S)NC(C)CCNC(N)=NCC(F)(F)F. The van der Waals surface area contributed by atoms with Crippen LogP contribution in [0.4, 0.5) is 13.2 Å². The van der Waals surface area contributed by atoms with Crippen LogP contribution >= 0.6 is 12.2 Å². The Labute approximate surface area is 109 Å². The highest BCUT2D eigenvalue weighted by molar-refractivity contribution is 7.80. The smallest absolute Gasteiger partial charge is 0.370 e. The fraction of sp³-hybridized carbons (Fsp3) is 0.778. The molecule has 5 N–H and O–H groups in total. The van der Waals surface area contributed by atoms with Gasteiger partial charge in [-0.05, 0) is 25.6 Å². The maximum atomic E-state index is 11.8. The first-order valence-electron chi connectivity index (χ1n) is 5.33. The molecule has 0 aliphatic carbocycles. The van der Waals surface area contributed by atoms with Gasteiger partial charge >= 0.3 is 6.18 Å². The standard InChI is InChI=1S/C9H18F3N5S/c1-6(17-8(18)14-2)3-4-15-7(13)16-5-9(10,11)12/h6H,3-5H2,1-2H3,(H3,13,15,16)(H2,14,17,18). The van der Waals surface area contributed by atoms with Crippen molar-refractivity contribution in [3.63, 3.8) is 0 Å². The van der Waals surface area contributed by atoms with E-state index in [9.17, 15) is 13.2 Å². The number of thiocarbonyl (C=S) groups is 1. The van der Waals surface area contributed by atoms with Crippen LogP contribution in [0.2, 0.25) is 0 Å². The molecular weight excluding hydrogens is 267 g/mol. The minimum atomic E-state index is -4.33. The Balaban J connectivity index is 3.80. The van der Waals surface area contributed by atoms with Crippen molar-refractivity contribution in [1.82, 2.24) is 16.0 Å². The summed E-state index contributed by atoms with van der Waals surface area (Å²) in [5, 5.41) is 8.85. The van der Waals surface area contributed by atoms with Gasteiger partial charge in [0.05, 0.1) is 0 Å². The number of halogens is 3. The highest BCUT2D eigenvalue weighted by Gasteiger charge is 2.26. The van der Waals surface area contributed by atoms with Gasteiger partial charge in [-0.1, -0.05) is 0 Å². The molecule has 1 atom stereocenters. The summed E-state index contributed by atoms with van der Waals surface area (Å²) in [5.74, 6) is -0.212. The minimum Gasteiger partial charge on any atom is -0.370 e. The number of alkyl halides is 3. The summed E-state index contributed by atoms with van der Waals surface area (Å²) in [7, 11) is 1.70. The van der Waals surface area contributed by atoms with Crippen LogP contribution in [-0.2, 0) is 0 Å². The molecular formula is C9H18F3N5S. The van der Waals surface area contributed by atoms with Gasteiger partial charge in [-0.2, -0.15) is 13.2 Å². The molecule has 0 amide bonds. The predicted octanol–water partition coefficient (Wildman–Crippen LogP) is 0.325. The zero-order chi connectivity index (χ0) is 14.2. The largest absolute Gasteiger partial charge is 0.408 e. The fourth-order valence-corrected chi connectivity index (χ4v) is 1.22. The molecule has 0 aliphatic rings. The van der Waals surface area contributed by atoms with Crippen molar-refractivity contribution in [2.45, 2.75) is 25.6 Å².